The van der Waals surface area contributed by atoms with E-state index in [1.165, 1.54) is 0 Å². The van der Waals surface area contributed by atoms with Crippen molar-refractivity contribution in [3.63, 3.8) is 0 Å². The molecule has 5 heteroatoms. The molecule has 1 amide bonds. The highest BCUT2D eigenvalue weighted by Crippen LogP contribution is 2.29. The fraction of sp³-hybridized carbons (Fsp3) is 0.533. The Morgan fingerprint density at radius 3 is 2.45 bits per heavy atom. The molecule has 0 radical (unpaired) electrons. The zero-order valence-electron chi connectivity index (χ0n) is 11.2. The van der Waals surface area contributed by atoms with Gasteiger partial charge in [0.1, 0.15) is 11.6 Å². The predicted octanol–water partition coefficient (Wildman–Crippen LogP) is 2.32. The Labute approximate surface area is 117 Å². The molecule has 1 saturated carbocycles. The molecule has 1 aromatic carbocycles. The number of amides is 1. The van der Waals surface area contributed by atoms with Crippen molar-refractivity contribution >= 4 is 5.91 Å². The monoisotopic (exact) mass is 280 g/mol. The van der Waals surface area contributed by atoms with E-state index in [4.69, 9.17) is 0 Å². The zero-order valence-corrected chi connectivity index (χ0v) is 11.2. The van der Waals surface area contributed by atoms with E-state index in [0.717, 1.165) is 50.4 Å². The van der Waals surface area contributed by atoms with Crippen molar-refractivity contribution in [1.82, 2.24) is 10.2 Å². The molecule has 1 saturated heterocycles. The minimum absolute atomic E-state index is 0.104. The van der Waals surface area contributed by atoms with E-state index in [-0.39, 0.29) is 17.5 Å². The minimum Gasteiger partial charge on any atom is -0.334 e. The molecule has 1 atom stereocenters. The highest BCUT2D eigenvalue weighted by Gasteiger charge is 2.35. The predicted molar refractivity (Wildman–Crippen MR) is 71.4 cm³/mol. The third kappa shape index (κ3) is 2.98. The molecular formula is C15H18F2N2O. The maximum Gasteiger partial charge on any atom is 0.254 e. The molecule has 3 nitrogen and oxygen atoms in total. The van der Waals surface area contributed by atoms with Crippen molar-refractivity contribution in [2.75, 3.05) is 13.1 Å². The van der Waals surface area contributed by atoms with Gasteiger partial charge in [-0.15, -0.1) is 0 Å². The second kappa shape index (κ2) is 5.48. The van der Waals surface area contributed by atoms with Crippen LogP contribution in [0.1, 0.15) is 36.0 Å². The van der Waals surface area contributed by atoms with Crippen molar-refractivity contribution < 1.29 is 13.6 Å². The molecule has 108 valence electrons. The molecule has 20 heavy (non-hydrogen) atoms. The molecule has 1 unspecified atom stereocenters. The Morgan fingerprint density at radius 2 is 1.90 bits per heavy atom. The van der Waals surface area contributed by atoms with E-state index < -0.39 is 11.6 Å². The summed E-state index contributed by atoms with van der Waals surface area (Å²) in [5.41, 5.74) is 0.104. The second-order valence-corrected chi connectivity index (χ2v) is 5.64. The van der Waals surface area contributed by atoms with Crippen LogP contribution in [0, 0.1) is 11.6 Å². The van der Waals surface area contributed by atoms with Gasteiger partial charge < -0.3 is 10.2 Å². The standard InChI is InChI=1S/C15H18F2N2O/c16-11-6-10(7-12(17)8-11)15(20)19(14-3-4-14)9-13-2-1-5-18-13/h6-8,13-14,18H,1-5,9H2. The van der Waals surface area contributed by atoms with Crippen molar-refractivity contribution in [3.05, 3.63) is 35.4 Å². The molecule has 1 aliphatic heterocycles. The molecule has 0 aromatic heterocycles. The summed E-state index contributed by atoms with van der Waals surface area (Å²) in [5.74, 6) is -1.68. The first-order valence-corrected chi connectivity index (χ1v) is 7.14. The summed E-state index contributed by atoms with van der Waals surface area (Å²) in [6, 6.07) is 3.55. The van der Waals surface area contributed by atoms with E-state index in [1.807, 2.05) is 0 Å². The number of nitrogens with one attached hydrogen (secondary N) is 1. The summed E-state index contributed by atoms with van der Waals surface area (Å²) in [7, 11) is 0. The lowest BCUT2D eigenvalue weighted by atomic mass is 10.1. The highest BCUT2D eigenvalue weighted by molar-refractivity contribution is 5.94. The summed E-state index contributed by atoms with van der Waals surface area (Å²) in [4.78, 5) is 14.3. The lowest BCUT2D eigenvalue weighted by Gasteiger charge is -2.26. The Kier molecular flexibility index (Phi) is 3.70. The van der Waals surface area contributed by atoms with Gasteiger partial charge in [-0.1, -0.05) is 0 Å². The van der Waals surface area contributed by atoms with Crippen LogP contribution in [0.3, 0.4) is 0 Å². The highest BCUT2D eigenvalue weighted by atomic mass is 19.1. The summed E-state index contributed by atoms with van der Waals surface area (Å²) < 4.78 is 26.5. The minimum atomic E-state index is -0.705. The molecule has 1 aliphatic carbocycles. The van der Waals surface area contributed by atoms with Gasteiger partial charge in [-0.2, -0.15) is 0 Å². The van der Waals surface area contributed by atoms with Crippen LogP contribution in [0.5, 0.6) is 0 Å². The van der Waals surface area contributed by atoms with Gasteiger partial charge in [0.05, 0.1) is 0 Å². The third-order valence-electron chi connectivity index (χ3n) is 3.94. The smallest absolute Gasteiger partial charge is 0.254 e. The van der Waals surface area contributed by atoms with Crippen LogP contribution in [0.25, 0.3) is 0 Å². The van der Waals surface area contributed by atoms with Crippen LogP contribution in [-0.2, 0) is 0 Å². The fourth-order valence-corrected chi connectivity index (χ4v) is 2.78. The van der Waals surface area contributed by atoms with E-state index in [1.54, 1.807) is 4.90 Å². The number of nitrogens with zero attached hydrogens (tertiary/aromatic N) is 1. The van der Waals surface area contributed by atoms with Crippen LogP contribution in [0.4, 0.5) is 8.78 Å². The normalized spacial score (nSPS) is 22.0. The molecular weight excluding hydrogens is 262 g/mol. The average molecular weight is 280 g/mol. The molecule has 0 spiro atoms. The van der Waals surface area contributed by atoms with Gasteiger partial charge in [0.15, 0.2) is 0 Å². The first kappa shape index (κ1) is 13.5. The van der Waals surface area contributed by atoms with Crippen molar-refractivity contribution in [3.8, 4) is 0 Å². The fourth-order valence-electron chi connectivity index (χ4n) is 2.78. The lowest BCUT2D eigenvalue weighted by molar-refractivity contribution is 0.0727. The van der Waals surface area contributed by atoms with Gasteiger partial charge in [0.2, 0.25) is 0 Å². The van der Waals surface area contributed by atoms with E-state index in [2.05, 4.69) is 5.32 Å². The van der Waals surface area contributed by atoms with Crippen molar-refractivity contribution in [2.24, 2.45) is 0 Å². The molecule has 1 aromatic rings. The first-order chi connectivity index (χ1) is 9.63. The van der Waals surface area contributed by atoms with Crippen LogP contribution in [0.2, 0.25) is 0 Å². The molecule has 1 N–H and O–H groups in total. The van der Waals surface area contributed by atoms with Crippen LogP contribution in [0.15, 0.2) is 18.2 Å². The topological polar surface area (TPSA) is 32.3 Å². The molecule has 2 aliphatic rings. The van der Waals surface area contributed by atoms with Gasteiger partial charge in [0.25, 0.3) is 5.91 Å². The van der Waals surface area contributed by atoms with Gasteiger partial charge in [-0.25, -0.2) is 8.78 Å². The number of carbonyl (C=O) groups is 1. The third-order valence-corrected chi connectivity index (χ3v) is 3.94. The van der Waals surface area contributed by atoms with E-state index in [0.29, 0.717) is 12.6 Å². The average Bonchev–Trinajstić information content (AvgIpc) is 3.11. The molecule has 1 heterocycles. The summed E-state index contributed by atoms with van der Waals surface area (Å²) in [6.07, 6.45) is 4.13. The van der Waals surface area contributed by atoms with E-state index >= 15 is 0 Å². The zero-order chi connectivity index (χ0) is 14.1. The largest absolute Gasteiger partial charge is 0.334 e. The van der Waals surface area contributed by atoms with Crippen LogP contribution >= 0.6 is 0 Å². The van der Waals surface area contributed by atoms with Crippen LogP contribution in [-0.4, -0.2) is 36.0 Å². The first-order valence-electron chi connectivity index (χ1n) is 7.14. The maximum atomic E-state index is 13.3. The maximum absolute atomic E-state index is 13.3. The molecule has 0 bridgehead atoms. The SMILES string of the molecule is O=C(c1cc(F)cc(F)c1)N(CC1CCCN1)C1CC1. The summed E-state index contributed by atoms with van der Waals surface area (Å²) in [6.45, 7) is 1.60. The number of benzene rings is 1. The van der Waals surface area contributed by atoms with Gasteiger partial charge in [0, 0.05) is 30.3 Å². The van der Waals surface area contributed by atoms with Gasteiger partial charge >= 0.3 is 0 Å². The Bertz CT molecular complexity index is 490. The van der Waals surface area contributed by atoms with Gasteiger partial charge in [-0.05, 0) is 44.4 Å². The van der Waals surface area contributed by atoms with Crippen molar-refractivity contribution in [2.45, 2.75) is 37.8 Å². The number of rotatable bonds is 4. The van der Waals surface area contributed by atoms with Gasteiger partial charge in [-0.3, -0.25) is 4.79 Å². The quantitative estimate of drug-likeness (QED) is 0.918. The Balaban J connectivity index is 1.77. The Morgan fingerprint density at radius 1 is 1.20 bits per heavy atom. The van der Waals surface area contributed by atoms with Crippen LogP contribution < -0.4 is 5.32 Å². The summed E-state index contributed by atoms with van der Waals surface area (Å²) in [5, 5.41) is 3.36. The number of hydrogen-bond donors (Lipinski definition) is 1. The summed E-state index contributed by atoms with van der Waals surface area (Å²) >= 11 is 0. The van der Waals surface area contributed by atoms with E-state index in [9.17, 15) is 13.6 Å². The number of halogens is 2. The Hall–Kier alpha value is -1.49. The number of carbonyl (C=O) groups excluding carboxylic acids is 1. The lowest BCUT2D eigenvalue weighted by Crippen LogP contribution is -2.42. The second-order valence-electron chi connectivity index (χ2n) is 5.64. The van der Waals surface area contributed by atoms with Crippen molar-refractivity contribution in [1.29, 1.82) is 0 Å². The molecule has 3 rings (SSSR count). The molecule has 2 fully saturated rings. The number of hydrogen-bond acceptors (Lipinski definition) is 2.